The lowest BCUT2D eigenvalue weighted by Gasteiger charge is -2.22. The molecule has 1 heterocycles. The monoisotopic (exact) mass is 316 g/mol. The number of nitrogens with zero attached hydrogens (tertiary/aromatic N) is 1. The largest absolute Gasteiger partial charge is 0.467 e. The number of methoxy groups -OCH3 is 1. The summed E-state index contributed by atoms with van der Waals surface area (Å²) in [6.07, 6.45) is 0.499. The lowest BCUT2D eigenvalue weighted by molar-refractivity contribution is -0.140. The summed E-state index contributed by atoms with van der Waals surface area (Å²) in [5.41, 5.74) is -0.696. The Morgan fingerprint density at radius 1 is 1.43 bits per heavy atom. The maximum atomic E-state index is 13.0. The van der Waals surface area contributed by atoms with Crippen LogP contribution in [0, 0.1) is 5.95 Å². The molecule has 0 aliphatic rings. The van der Waals surface area contributed by atoms with Gasteiger partial charge in [-0.2, -0.15) is 4.39 Å². The number of pyridine rings is 1. The SMILES string of the molecule is COC(=O)C(NC(=O)OC(C)(C)C)Sc1ccnc(F)c1. The Balaban J connectivity index is 2.77. The Morgan fingerprint density at radius 2 is 2.10 bits per heavy atom. The van der Waals surface area contributed by atoms with E-state index in [-0.39, 0.29) is 0 Å². The molecule has 8 heteroatoms. The predicted octanol–water partition coefficient (Wildman–Crippen LogP) is 2.34. The third-order valence-corrected chi connectivity index (χ3v) is 3.09. The minimum absolute atomic E-state index is 0.425. The average molecular weight is 316 g/mol. The van der Waals surface area contributed by atoms with Crippen molar-refractivity contribution < 1.29 is 23.5 Å². The van der Waals surface area contributed by atoms with Gasteiger partial charge in [-0.25, -0.2) is 14.6 Å². The van der Waals surface area contributed by atoms with Crippen molar-refractivity contribution in [3.63, 3.8) is 0 Å². The van der Waals surface area contributed by atoms with Crippen LogP contribution in [-0.4, -0.2) is 35.1 Å². The second-order valence-electron chi connectivity index (χ2n) is 4.98. The molecule has 21 heavy (non-hydrogen) atoms. The van der Waals surface area contributed by atoms with E-state index >= 15 is 0 Å². The van der Waals surface area contributed by atoms with Gasteiger partial charge < -0.3 is 9.47 Å². The summed E-state index contributed by atoms with van der Waals surface area (Å²) < 4.78 is 22.7. The zero-order valence-electron chi connectivity index (χ0n) is 12.2. The third-order valence-electron chi connectivity index (χ3n) is 2.02. The zero-order chi connectivity index (χ0) is 16.0. The number of nitrogens with one attached hydrogen (secondary N) is 1. The lowest BCUT2D eigenvalue weighted by Crippen LogP contribution is -2.42. The first kappa shape index (κ1) is 17.2. The summed E-state index contributed by atoms with van der Waals surface area (Å²) in [6, 6.07) is 2.66. The van der Waals surface area contributed by atoms with E-state index < -0.39 is 29.0 Å². The lowest BCUT2D eigenvalue weighted by atomic mass is 10.2. The Morgan fingerprint density at radius 3 is 2.62 bits per heavy atom. The van der Waals surface area contributed by atoms with Crippen LogP contribution in [0.15, 0.2) is 23.2 Å². The Bertz CT molecular complexity index is 519. The van der Waals surface area contributed by atoms with Gasteiger partial charge in [0, 0.05) is 17.2 Å². The number of carbonyl (C=O) groups is 2. The molecule has 0 saturated carbocycles. The van der Waals surface area contributed by atoms with Crippen LogP contribution >= 0.6 is 11.8 Å². The first-order valence-electron chi connectivity index (χ1n) is 6.07. The maximum absolute atomic E-state index is 13.0. The van der Waals surface area contributed by atoms with Crippen molar-refractivity contribution in [2.75, 3.05) is 7.11 Å². The quantitative estimate of drug-likeness (QED) is 0.397. The average Bonchev–Trinajstić information content (AvgIpc) is 2.34. The molecule has 1 unspecified atom stereocenters. The van der Waals surface area contributed by atoms with Crippen LogP contribution in [0.25, 0.3) is 0 Å². The fourth-order valence-electron chi connectivity index (χ4n) is 1.25. The van der Waals surface area contributed by atoms with Crippen LogP contribution < -0.4 is 5.32 Å². The number of carbonyl (C=O) groups excluding carboxylic acids is 2. The minimum Gasteiger partial charge on any atom is -0.467 e. The van der Waals surface area contributed by atoms with Gasteiger partial charge in [-0.3, -0.25) is 5.32 Å². The molecule has 1 atom stereocenters. The van der Waals surface area contributed by atoms with Gasteiger partial charge in [0.2, 0.25) is 5.95 Å². The van der Waals surface area contributed by atoms with Gasteiger partial charge in [-0.05, 0) is 26.8 Å². The van der Waals surface area contributed by atoms with Crippen LogP contribution in [0.5, 0.6) is 0 Å². The van der Waals surface area contributed by atoms with Gasteiger partial charge in [0.1, 0.15) is 5.60 Å². The van der Waals surface area contributed by atoms with Crippen molar-refractivity contribution in [1.82, 2.24) is 10.3 Å². The number of ether oxygens (including phenoxy) is 2. The Labute approximate surface area is 126 Å². The predicted molar refractivity (Wildman–Crippen MR) is 75.2 cm³/mol. The molecule has 0 saturated heterocycles. The highest BCUT2D eigenvalue weighted by molar-refractivity contribution is 8.00. The zero-order valence-corrected chi connectivity index (χ0v) is 13.0. The molecule has 0 bridgehead atoms. The molecule has 0 aliphatic carbocycles. The van der Waals surface area contributed by atoms with Crippen LogP contribution in [0.1, 0.15) is 20.8 Å². The molecule has 0 aliphatic heterocycles. The summed E-state index contributed by atoms with van der Waals surface area (Å²) in [5.74, 6) is -1.36. The second-order valence-corrected chi connectivity index (χ2v) is 6.16. The molecule has 1 amide bonds. The molecule has 116 valence electrons. The van der Waals surface area contributed by atoms with E-state index in [1.54, 1.807) is 20.8 Å². The van der Waals surface area contributed by atoms with E-state index in [2.05, 4.69) is 15.0 Å². The molecule has 1 aromatic heterocycles. The number of alkyl carbamates (subject to hydrolysis) is 1. The standard InChI is InChI=1S/C13H17FN2O4S/c1-13(2,3)20-12(18)16-10(11(17)19-4)21-8-5-6-15-9(14)7-8/h5-7,10H,1-4H3,(H,16,18). The van der Waals surface area contributed by atoms with E-state index in [4.69, 9.17) is 4.74 Å². The number of hydrogen-bond acceptors (Lipinski definition) is 6. The van der Waals surface area contributed by atoms with Gasteiger partial charge in [0.05, 0.1) is 7.11 Å². The van der Waals surface area contributed by atoms with Crippen LogP contribution in [0.2, 0.25) is 0 Å². The summed E-state index contributed by atoms with van der Waals surface area (Å²) in [6.45, 7) is 5.10. The first-order chi connectivity index (χ1) is 9.71. The Kier molecular flexibility index (Phi) is 5.95. The minimum atomic E-state index is -1.05. The topological polar surface area (TPSA) is 77.5 Å². The van der Waals surface area contributed by atoms with Crippen molar-refractivity contribution in [1.29, 1.82) is 0 Å². The van der Waals surface area contributed by atoms with Crippen molar-refractivity contribution in [3.8, 4) is 0 Å². The highest BCUT2D eigenvalue weighted by Crippen LogP contribution is 2.23. The molecule has 1 rings (SSSR count). The summed E-state index contributed by atoms with van der Waals surface area (Å²) in [5, 5.41) is 1.33. The van der Waals surface area contributed by atoms with E-state index in [0.717, 1.165) is 17.8 Å². The van der Waals surface area contributed by atoms with Crippen molar-refractivity contribution >= 4 is 23.8 Å². The molecular formula is C13H17FN2O4S. The van der Waals surface area contributed by atoms with E-state index in [0.29, 0.717) is 4.90 Å². The summed E-state index contributed by atoms with van der Waals surface area (Å²) in [4.78, 5) is 27.2. The van der Waals surface area contributed by atoms with Crippen molar-refractivity contribution in [3.05, 3.63) is 24.3 Å². The Hall–Kier alpha value is -1.83. The molecule has 0 fully saturated rings. The maximum Gasteiger partial charge on any atom is 0.409 e. The van der Waals surface area contributed by atoms with Crippen LogP contribution in [0.3, 0.4) is 0 Å². The van der Waals surface area contributed by atoms with Crippen molar-refractivity contribution in [2.45, 2.75) is 36.6 Å². The van der Waals surface area contributed by atoms with E-state index in [1.165, 1.54) is 19.4 Å². The summed E-state index contributed by atoms with van der Waals surface area (Å²) in [7, 11) is 1.19. The third kappa shape index (κ3) is 6.44. The number of hydrogen-bond donors (Lipinski definition) is 1. The van der Waals surface area contributed by atoms with E-state index in [1.807, 2.05) is 0 Å². The molecule has 0 aromatic carbocycles. The molecule has 1 aromatic rings. The number of thioether (sulfide) groups is 1. The number of halogens is 1. The molecule has 0 radical (unpaired) electrons. The fraction of sp³-hybridized carbons (Fsp3) is 0.462. The molecule has 6 nitrogen and oxygen atoms in total. The molecule has 1 N–H and O–H groups in total. The number of esters is 1. The highest BCUT2D eigenvalue weighted by Gasteiger charge is 2.26. The number of aromatic nitrogens is 1. The van der Waals surface area contributed by atoms with E-state index in [9.17, 15) is 14.0 Å². The van der Waals surface area contributed by atoms with Crippen molar-refractivity contribution in [2.24, 2.45) is 0 Å². The number of rotatable bonds is 4. The van der Waals surface area contributed by atoms with Gasteiger partial charge in [-0.1, -0.05) is 11.8 Å². The van der Waals surface area contributed by atoms with Crippen LogP contribution in [0.4, 0.5) is 9.18 Å². The second kappa shape index (κ2) is 7.26. The molecular weight excluding hydrogens is 299 g/mol. The van der Waals surface area contributed by atoms with Gasteiger partial charge in [0.15, 0.2) is 5.37 Å². The van der Waals surface area contributed by atoms with Gasteiger partial charge >= 0.3 is 12.1 Å². The summed E-state index contributed by atoms with van der Waals surface area (Å²) >= 11 is 0.923. The smallest absolute Gasteiger partial charge is 0.409 e. The van der Waals surface area contributed by atoms with Gasteiger partial charge in [0.25, 0.3) is 0 Å². The normalized spacial score (nSPS) is 12.4. The van der Waals surface area contributed by atoms with Gasteiger partial charge in [-0.15, -0.1) is 0 Å². The first-order valence-corrected chi connectivity index (χ1v) is 6.95. The highest BCUT2D eigenvalue weighted by atomic mass is 32.2. The molecule has 0 spiro atoms. The number of amides is 1. The fourth-order valence-corrected chi connectivity index (χ4v) is 2.18. The van der Waals surface area contributed by atoms with Crippen LogP contribution in [-0.2, 0) is 14.3 Å².